The molecule has 0 bridgehead atoms. The summed E-state index contributed by atoms with van der Waals surface area (Å²) < 4.78 is 14.1. The molecule has 23 heavy (non-hydrogen) atoms. The number of nitrogens with zero attached hydrogens (tertiary/aromatic N) is 1. The summed E-state index contributed by atoms with van der Waals surface area (Å²) in [4.78, 5) is 22.8. The number of ketones is 1. The molecule has 1 N–H and O–H groups in total. The summed E-state index contributed by atoms with van der Waals surface area (Å²) in [5.74, 6) is -2.30. The van der Waals surface area contributed by atoms with E-state index in [9.17, 15) is 14.0 Å². The fourth-order valence-electron chi connectivity index (χ4n) is 1.70. The Bertz CT molecular complexity index is 636. The van der Waals surface area contributed by atoms with Crippen molar-refractivity contribution in [1.82, 2.24) is 4.57 Å². The van der Waals surface area contributed by atoms with Crippen LogP contribution in [0.4, 0.5) is 4.39 Å². The van der Waals surface area contributed by atoms with Crippen molar-refractivity contribution in [2.75, 3.05) is 0 Å². The molecule has 122 valence electrons. The summed E-state index contributed by atoms with van der Waals surface area (Å²) in [5.41, 5.74) is 0.649. The number of aromatic nitrogens is 1. The van der Waals surface area contributed by atoms with Gasteiger partial charge in [-0.3, -0.25) is 4.79 Å². The fourth-order valence-corrected chi connectivity index (χ4v) is 1.70. The fraction of sp³-hybridized carbons (Fsp3) is 0.294. The standard InChI is InChI=1S/C13H9BFNO3.2C2H6/c14-9-3-1-8(2-4-9)12(17)7-16-6-10(15)5-11(16)13(18)19;2*1-2/h1-6H,7H2,(H,18,19);2*1-2H3. The molecule has 1 aromatic carbocycles. The first-order chi connectivity index (χ1) is 11.0. The third-order valence-corrected chi connectivity index (χ3v) is 2.63. The van der Waals surface area contributed by atoms with Crippen molar-refractivity contribution in [1.29, 1.82) is 0 Å². The largest absolute Gasteiger partial charge is 0.477 e. The van der Waals surface area contributed by atoms with Crippen LogP contribution in [0.15, 0.2) is 36.5 Å². The van der Waals surface area contributed by atoms with E-state index in [1.54, 1.807) is 12.1 Å². The minimum absolute atomic E-state index is 0.241. The summed E-state index contributed by atoms with van der Waals surface area (Å²) in [6.45, 7) is 7.76. The maximum Gasteiger partial charge on any atom is 0.352 e. The van der Waals surface area contributed by atoms with Crippen LogP contribution in [0.25, 0.3) is 0 Å². The van der Waals surface area contributed by atoms with Crippen molar-refractivity contribution >= 4 is 25.1 Å². The van der Waals surface area contributed by atoms with Crippen LogP contribution in [-0.2, 0) is 6.54 Å². The first kappa shape index (κ1) is 20.6. The molecular formula is C17H21BFNO3. The molecule has 0 aliphatic heterocycles. The Morgan fingerprint density at radius 1 is 1.13 bits per heavy atom. The summed E-state index contributed by atoms with van der Waals surface area (Å²) in [7, 11) is 5.50. The third-order valence-electron chi connectivity index (χ3n) is 2.63. The minimum atomic E-state index is -1.28. The molecule has 0 saturated carbocycles. The van der Waals surface area contributed by atoms with Gasteiger partial charge in [-0.15, -0.1) is 0 Å². The van der Waals surface area contributed by atoms with Crippen molar-refractivity contribution in [3.05, 3.63) is 53.6 Å². The van der Waals surface area contributed by atoms with Crippen LogP contribution in [0.5, 0.6) is 0 Å². The predicted molar refractivity (Wildman–Crippen MR) is 90.2 cm³/mol. The van der Waals surface area contributed by atoms with Gasteiger partial charge in [0.05, 0.1) is 6.54 Å². The van der Waals surface area contributed by atoms with Crippen LogP contribution in [0.2, 0.25) is 0 Å². The Kier molecular flexibility index (Phi) is 9.31. The molecule has 1 heterocycles. The van der Waals surface area contributed by atoms with Gasteiger partial charge in [0, 0.05) is 17.8 Å². The van der Waals surface area contributed by atoms with Crippen LogP contribution < -0.4 is 5.46 Å². The average Bonchev–Trinajstić information content (AvgIpc) is 2.92. The van der Waals surface area contributed by atoms with E-state index in [0.717, 1.165) is 16.8 Å². The van der Waals surface area contributed by atoms with E-state index >= 15 is 0 Å². The van der Waals surface area contributed by atoms with Crippen LogP contribution in [0.3, 0.4) is 0 Å². The van der Waals surface area contributed by atoms with Crippen LogP contribution in [-0.4, -0.2) is 29.3 Å². The van der Waals surface area contributed by atoms with Gasteiger partial charge in [0.1, 0.15) is 19.4 Å². The number of carbonyl (C=O) groups is 2. The van der Waals surface area contributed by atoms with Gasteiger partial charge in [-0.1, -0.05) is 57.4 Å². The predicted octanol–water partition coefficient (Wildman–Crippen LogP) is 3.05. The lowest BCUT2D eigenvalue weighted by molar-refractivity contribution is 0.0685. The van der Waals surface area contributed by atoms with Crippen molar-refractivity contribution in [3.8, 4) is 0 Å². The normalized spacial score (nSPS) is 9.09. The van der Waals surface area contributed by atoms with Gasteiger partial charge >= 0.3 is 5.97 Å². The quantitative estimate of drug-likeness (QED) is 0.696. The van der Waals surface area contributed by atoms with E-state index in [2.05, 4.69) is 0 Å². The zero-order valence-electron chi connectivity index (χ0n) is 13.8. The highest BCUT2D eigenvalue weighted by Crippen LogP contribution is 2.09. The maximum atomic E-state index is 13.0. The number of aromatic carboxylic acids is 1. The molecule has 0 aliphatic rings. The molecule has 2 radical (unpaired) electrons. The van der Waals surface area contributed by atoms with E-state index in [4.69, 9.17) is 13.0 Å². The molecule has 1 aromatic heterocycles. The molecule has 0 fully saturated rings. The molecule has 4 nitrogen and oxygen atoms in total. The van der Waals surface area contributed by atoms with Gasteiger partial charge in [0.25, 0.3) is 0 Å². The maximum absolute atomic E-state index is 13.0. The second-order valence-corrected chi connectivity index (χ2v) is 4.02. The van der Waals surface area contributed by atoms with Crippen LogP contribution in [0, 0.1) is 5.82 Å². The molecule has 6 heteroatoms. The van der Waals surface area contributed by atoms with Gasteiger partial charge in [0.2, 0.25) is 0 Å². The van der Waals surface area contributed by atoms with Crippen molar-refractivity contribution in [3.63, 3.8) is 0 Å². The van der Waals surface area contributed by atoms with E-state index in [-0.39, 0.29) is 18.0 Å². The van der Waals surface area contributed by atoms with E-state index in [1.165, 1.54) is 12.1 Å². The molecular weight excluding hydrogens is 296 g/mol. The van der Waals surface area contributed by atoms with Gasteiger partial charge in [0.15, 0.2) is 5.78 Å². The zero-order valence-corrected chi connectivity index (χ0v) is 13.8. The summed E-state index contributed by atoms with van der Waals surface area (Å²) in [6, 6.07) is 7.09. The molecule has 0 aliphatic carbocycles. The first-order valence-corrected chi connectivity index (χ1v) is 7.45. The lowest BCUT2D eigenvalue weighted by Crippen LogP contribution is -2.15. The van der Waals surface area contributed by atoms with Crippen molar-refractivity contribution in [2.45, 2.75) is 34.2 Å². The number of carboxylic acids is 1. The number of rotatable bonds is 4. The lowest BCUT2D eigenvalue weighted by Gasteiger charge is -2.05. The highest BCUT2D eigenvalue weighted by molar-refractivity contribution is 6.32. The number of Topliss-reactive ketones (excluding diaryl/α,β-unsaturated/α-hetero) is 1. The van der Waals surface area contributed by atoms with E-state index < -0.39 is 11.8 Å². The summed E-state index contributed by atoms with van der Waals surface area (Å²) >= 11 is 0. The Morgan fingerprint density at radius 2 is 1.65 bits per heavy atom. The molecule has 0 amide bonds. The molecule has 0 spiro atoms. The van der Waals surface area contributed by atoms with Crippen molar-refractivity contribution in [2.24, 2.45) is 0 Å². The number of hydrogen-bond donors (Lipinski definition) is 1. The first-order valence-electron chi connectivity index (χ1n) is 7.45. The summed E-state index contributed by atoms with van der Waals surface area (Å²) in [6.07, 6.45) is 0.985. The molecule has 0 atom stereocenters. The minimum Gasteiger partial charge on any atom is -0.477 e. The number of halogens is 1. The van der Waals surface area contributed by atoms with Crippen LogP contribution >= 0.6 is 0 Å². The highest BCUT2D eigenvalue weighted by Gasteiger charge is 2.15. The number of carbonyl (C=O) groups excluding carboxylic acids is 1. The van der Waals surface area contributed by atoms with Gasteiger partial charge in [-0.25, -0.2) is 9.18 Å². The Balaban J connectivity index is 0.00000112. The summed E-state index contributed by atoms with van der Waals surface area (Å²) in [5, 5.41) is 8.88. The van der Waals surface area contributed by atoms with Crippen molar-refractivity contribution < 1.29 is 19.1 Å². The smallest absolute Gasteiger partial charge is 0.352 e. The molecule has 0 unspecified atom stereocenters. The van der Waals surface area contributed by atoms with Gasteiger partial charge in [-0.2, -0.15) is 0 Å². The second-order valence-electron chi connectivity index (χ2n) is 4.02. The second kappa shape index (κ2) is 10.4. The third kappa shape index (κ3) is 6.10. The Labute approximate surface area is 137 Å². The molecule has 0 saturated heterocycles. The molecule has 2 rings (SSSR count). The SMILES string of the molecule is CC.CC.[B]c1ccc(C(=O)Cn2cc(F)cc2C(=O)O)cc1. The van der Waals surface area contributed by atoms with E-state index in [1.807, 2.05) is 27.7 Å². The average molecular weight is 317 g/mol. The lowest BCUT2D eigenvalue weighted by atomic mass is 9.94. The number of carboxylic acid groups (broad SMARTS) is 1. The highest BCUT2D eigenvalue weighted by atomic mass is 19.1. The zero-order chi connectivity index (χ0) is 18.0. The number of hydrogen-bond acceptors (Lipinski definition) is 2. The monoisotopic (exact) mass is 317 g/mol. The Hall–Kier alpha value is -2.37. The van der Waals surface area contributed by atoms with Crippen LogP contribution in [0.1, 0.15) is 48.5 Å². The topological polar surface area (TPSA) is 59.3 Å². The Morgan fingerprint density at radius 3 is 2.13 bits per heavy atom. The van der Waals surface area contributed by atoms with E-state index in [0.29, 0.717) is 11.0 Å². The molecule has 2 aromatic rings. The van der Waals surface area contributed by atoms with Gasteiger partial charge in [-0.05, 0) is 0 Å². The number of benzene rings is 1. The van der Waals surface area contributed by atoms with Gasteiger partial charge < -0.3 is 9.67 Å².